The molecule has 3 N–H and O–H groups in total. The molecule has 0 unspecified atom stereocenters. The summed E-state index contributed by atoms with van der Waals surface area (Å²) in [7, 11) is -3.73. The third-order valence-electron chi connectivity index (χ3n) is 3.48. The molecule has 0 saturated carbocycles. The fraction of sp³-hybridized carbons (Fsp3) is 0.118. The first-order chi connectivity index (χ1) is 11.9. The largest absolute Gasteiger partial charge is 0.457 e. The lowest BCUT2D eigenvalue weighted by molar-refractivity contribution is 0.473. The quantitative estimate of drug-likeness (QED) is 0.688. The molecule has 0 aliphatic rings. The van der Waals surface area contributed by atoms with E-state index in [0.29, 0.717) is 11.7 Å². The molecule has 0 bridgehead atoms. The van der Waals surface area contributed by atoms with Gasteiger partial charge in [0.2, 0.25) is 10.0 Å². The van der Waals surface area contributed by atoms with Crippen molar-refractivity contribution in [2.24, 2.45) is 5.14 Å². The molecule has 0 amide bonds. The molecule has 0 atom stereocenters. The van der Waals surface area contributed by atoms with Gasteiger partial charge < -0.3 is 10.1 Å². The number of benzene rings is 2. The van der Waals surface area contributed by atoms with E-state index in [1.165, 1.54) is 6.20 Å². The summed E-state index contributed by atoms with van der Waals surface area (Å²) in [6, 6.07) is 15.4. The molecule has 1 aromatic heterocycles. The number of nitrogens with one attached hydrogen (secondary N) is 1. The Hall–Kier alpha value is -2.42. The Kier molecular flexibility index (Phi) is 5.03. The predicted molar refractivity (Wildman–Crippen MR) is 98.5 cm³/mol. The van der Waals surface area contributed by atoms with Crippen molar-refractivity contribution >= 4 is 26.5 Å². The van der Waals surface area contributed by atoms with Crippen LogP contribution in [0.3, 0.4) is 0 Å². The van der Waals surface area contributed by atoms with Gasteiger partial charge in [0.15, 0.2) is 9.34 Å². The number of nitrogens with two attached hydrogens (primary N) is 1. The van der Waals surface area contributed by atoms with Gasteiger partial charge in [-0.1, -0.05) is 47.7 Å². The first-order valence-electron chi connectivity index (χ1n) is 7.47. The monoisotopic (exact) mass is 375 g/mol. The average Bonchev–Trinajstić information content (AvgIpc) is 3.05. The second-order valence-corrected chi connectivity index (χ2v) is 8.18. The van der Waals surface area contributed by atoms with Crippen LogP contribution in [0.15, 0.2) is 58.9 Å². The zero-order valence-electron chi connectivity index (χ0n) is 13.5. The predicted octanol–water partition coefficient (Wildman–Crippen LogP) is 3.50. The van der Waals surface area contributed by atoms with Gasteiger partial charge in [0.1, 0.15) is 11.5 Å². The Morgan fingerprint density at radius 2 is 1.80 bits per heavy atom. The van der Waals surface area contributed by atoms with Gasteiger partial charge in [-0.05, 0) is 24.6 Å². The summed E-state index contributed by atoms with van der Waals surface area (Å²) in [6.45, 7) is 2.43. The second kappa shape index (κ2) is 7.22. The lowest BCUT2D eigenvalue weighted by Crippen LogP contribution is -2.09. The molecule has 0 aliphatic heterocycles. The molecule has 0 fully saturated rings. The van der Waals surface area contributed by atoms with E-state index in [9.17, 15) is 8.42 Å². The highest BCUT2D eigenvalue weighted by atomic mass is 32.2. The summed E-state index contributed by atoms with van der Waals surface area (Å²) in [5.74, 6) is 1.52. The summed E-state index contributed by atoms with van der Waals surface area (Å²) < 4.78 is 28.7. The number of para-hydroxylation sites is 2. The minimum atomic E-state index is -3.73. The van der Waals surface area contributed by atoms with Crippen LogP contribution in [0.1, 0.15) is 11.1 Å². The highest BCUT2D eigenvalue weighted by Crippen LogP contribution is 2.29. The van der Waals surface area contributed by atoms with Crippen molar-refractivity contribution in [1.29, 1.82) is 0 Å². The van der Waals surface area contributed by atoms with Crippen molar-refractivity contribution in [3.05, 3.63) is 65.9 Å². The van der Waals surface area contributed by atoms with Crippen molar-refractivity contribution in [3.8, 4) is 11.5 Å². The number of anilines is 1. The summed E-state index contributed by atoms with van der Waals surface area (Å²) >= 11 is 0.995. The van der Waals surface area contributed by atoms with E-state index in [0.717, 1.165) is 34.0 Å². The van der Waals surface area contributed by atoms with Crippen molar-refractivity contribution in [1.82, 2.24) is 4.98 Å². The number of rotatable bonds is 6. The van der Waals surface area contributed by atoms with Gasteiger partial charge >= 0.3 is 0 Å². The number of hydrogen-bond acceptors (Lipinski definition) is 6. The SMILES string of the molecule is Cc1ccccc1Oc1ccccc1CNc1ncc(S(N)(=O)=O)s1. The maximum Gasteiger partial charge on any atom is 0.249 e. The van der Waals surface area contributed by atoms with E-state index in [1.807, 2.05) is 55.5 Å². The number of thiazole rings is 1. The Morgan fingerprint density at radius 3 is 2.48 bits per heavy atom. The molecule has 0 spiro atoms. The minimum Gasteiger partial charge on any atom is -0.457 e. The van der Waals surface area contributed by atoms with E-state index < -0.39 is 10.0 Å². The Morgan fingerprint density at radius 1 is 1.12 bits per heavy atom. The highest BCUT2D eigenvalue weighted by molar-refractivity contribution is 7.91. The number of nitrogens with zero attached hydrogens (tertiary/aromatic N) is 1. The topological polar surface area (TPSA) is 94.3 Å². The normalized spacial score (nSPS) is 11.3. The van der Waals surface area contributed by atoms with Crippen LogP contribution < -0.4 is 15.2 Å². The van der Waals surface area contributed by atoms with Crippen LogP contribution in [-0.4, -0.2) is 13.4 Å². The van der Waals surface area contributed by atoms with Crippen LogP contribution in [0.5, 0.6) is 11.5 Å². The van der Waals surface area contributed by atoms with Gasteiger partial charge in [-0.15, -0.1) is 0 Å². The van der Waals surface area contributed by atoms with E-state index in [2.05, 4.69) is 10.3 Å². The zero-order valence-corrected chi connectivity index (χ0v) is 15.1. The van der Waals surface area contributed by atoms with Crippen molar-refractivity contribution in [3.63, 3.8) is 0 Å². The first kappa shape index (κ1) is 17.4. The van der Waals surface area contributed by atoms with Crippen LogP contribution in [0.2, 0.25) is 0 Å². The van der Waals surface area contributed by atoms with Gasteiger partial charge in [-0.2, -0.15) is 0 Å². The molecule has 25 heavy (non-hydrogen) atoms. The van der Waals surface area contributed by atoms with Crippen LogP contribution in [0.4, 0.5) is 5.13 Å². The zero-order chi connectivity index (χ0) is 17.9. The first-order valence-corrected chi connectivity index (χ1v) is 9.83. The minimum absolute atomic E-state index is 0.0273. The van der Waals surface area contributed by atoms with Gasteiger partial charge in [-0.3, -0.25) is 0 Å². The van der Waals surface area contributed by atoms with Crippen molar-refractivity contribution in [2.45, 2.75) is 17.7 Å². The van der Waals surface area contributed by atoms with Crippen LogP contribution in [0, 0.1) is 6.92 Å². The molecule has 3 aromatic rings. The van der Waals surface area contributed by atoms with E-state index in [4.69, 9.17) is 9.88 Å². The van der Waals surface area contributed by atoms with E-state index in [1.54, 1.807) is 0 Å². The fourth-order valence-electron chi connectivity index (χ4n) is 2.18. The molecule has 8 heteroatoms. The lowest BCUT2D eigenvalue weighted by Gasteiger charge is -2.13. The molecule has 0 aliphatic carbocycles. The molecular formula is C17H17N3O3S2. The number of sulfonamides is 1. The molecule has 6 nitrogen and oxygen atoms in total. The summed E-state index contributed by atoms with van der Waals surface area (Å²) in [6.07, 6.45) is 1.25. The number of primary sulfonamides is 1. The van der Waals surface area contributed by atoms with E-state index in [-0.39, 0.29) is 4.21 Å². The molecule has 130 valence electrons. The molecule has 0 radical (unpaired) electrons. The van der Waals surface area contributed by atoms with Gasteiger partial charge in [-0.25, -0.2) is 18.5 Å². The molecule has 2 aromatic carbocycles. The maximum atomic E-state index is 11.3. The lowest BCUT2D eigenvalue weighted by atomic mass is 10.2. The smallest absolute Gasteiger partial charge is 0.249 e. The second-order valence-electron chi connectivity index (χ2n) is 5.36. The summed E-state index contributed by atoms with van der Waals surface area (Å²) in [4.78, 5) is 4.03. The molecule has 0 saturated heterocycles. The Bertz CT molecular complexity index is 984. The average molecular weight is 375 g/mol. The number of aromatic nitrogens is 1. The molecular weight excluding hydrogens is 358 g/mol. The summed E-state index contributed by atoms with van der Waals surface area (Å²) in [5, 5.41) is 8.68. The number of aryl methyl sites for hydroxylation is 1. The van der Waals surface area contributed by atoms with Crippen LogP contribution in [0.25, 0.3) is 0 Å². The molecule has 3 rings (SSSR count). The van der Waals surface area contributed by atoms with Gasteiger partial charge in [0, 0.05) is 12.1 Å². The third kappa shape index (κ3) is 4.36. The molecule has 1 heterocycles. The third-order valence-corrected chi connectivity index (χ3v) is 5.84. The standard InChI is InChI=1S/C17H17N3O3S2/c1-12-6-2-4-8-14(12)23-15-9-5-3-7-13(15)10-19-17-20-11-16(24-17)25(18,21)22/h2-9,11H,10H2,1H3,(H,19,20)(H2,18,21,22). The van der Waals surface area contributed by atoms with Crippen LogP contribution >= 0.6 is 11.3 Å². The maximum absolute atomic E-state index is 11.3. The van der Waals surface area contributed by atoms with Gasteiger partial charge in [0.25, 0.3) is 0 Å². The van der Waals surface area contributed by atoms with Crippen molar-refractivity contribution in [2.75, 3.05) is 5.32 Å². The Balaban J connectivity index is 1.75. The highest BCUT2D eigenvalue weighted by Gasteiger charge is 2.13. The van der Waals surface area contributed by atoms with Gasteiger partial charge in [0.05, 0.1) is 6.20 Å². The number of hydrogen-bond donors (Lipinski definition) is 2. The number of ether oxygens (including phenoxy) is 1. The Labute approximate surface area is 150 Å². The summed E-state index contributed by atoms with van der Waals surface area (Å²) in [5.41, 5.74) is 1.97. The fourth-order valence-corrected chi connectivity index (χ4v) is 3.63. The van der Waals surface area contributed by atoms with E-state index >= 15 is 0 Å². The van der Waals surface area contributed by atoms with Crippen molar-refractivity contribution < 1.29 is 13.2 Å². The van der Waals surface area contributed by atoms with Crippen LogP contribution in [-0.2, 0) is 16.6 Å².